The van der Waals surface area contributed by atoms with Gasteiger partial charge in [0.25, 0.3) is 11.8 Å². The highest BCUT2D eigenvalue weighted by atomic mass is 32.2. The second-order valence-corrected chi connectivity index (χ2v) is 24.9. The predicted octanol–water partition coefficient (Wildman–Crippen LogP) is 7.75. The Balaban J connectivity index is 0.857. The van der Waals surface area contributed by atoms with Gasteiger partial charge in [-0.05, 0) is 101 Å². The summed E-state index contributed by atoms with van der Waals surface area (Å²) in [5, 5.41) is 25.9. The molecule has 23 heteroatoms. The number of ether oxygens (including phenoxy) is 1. The normalized spacial score (nSPS) is 20.1. The molecule has 2 aromatic heterocycles. The number of aliphatic hydroxyl groups excluding tert-OH is 2. The van der Waals surface area contributed by atoms with E-state index < -0.39 is 87.6 Å². The van der Waals surface area contributed by atoms with Gasteiger partial charge in [-0.3, -0.25) is 29.4 Å². The number of benzene rings is 3. The summed E-state index contributed by atoms with van der Waals surface area (Å²) in [5.74, 6) is -2.92. The van der Waals surface area contributed by atoms with Crippen molar-refractivity contribution >= 4 is 31.5 Å². The number of sulfone groups is 2. The first-order valence-electron chi connectivity index (χ1n) is 25.6. The van der Waals surface area contributed by atoms with E-state index in [0.29, 0.717) is 46.6 Å². The zero-order valence-corrected chi connectivity index (χ0v) is 44.7. The largest absolute Gasteiger partial charge is 0.401 e. The van der Waals surface area contributed by atoms with Crippen LogP contribution in [0.25, 0.3) is 0 Å². The number of hydrogen-bond acceptors (Lipinski definition) is 13. The zero-order valence-electron chi connectivity index (χ0n) is 43.1. The Labute approximate surface area is 449 Å². The standard InChI is InChI=1S/C55H62F6N6O9S2/c1-4-77(72,73)44-15-9-36(10-16-44)46(29-68)64-52(70)38-22-40-27-67(32-54(56,57)58)48(49(40)62-24-38)21-35-7-5-34(6-8-35)19-20-78(74,75)45-17-11-37(12-18-45)47(30-69)65-53(71)39-23-41-26-66(51(33(2)3)50(41)63-25-39)28-43-14-13-42(31-76-43)55(59,60)61/h5-12,15-18,22-25,33,42-43,46-48,51,68-69H,4,13-14,19-21,26-32H2,1-3H3,(H,64,70)(H,65,71)/t42-,43-,46+,47+,48+,51+/m1/s1. The van der Waals surface area contributed by atoms with E-state index in [-0.39, 0.29) is 89.3 Å². The Kier molecular flexibility index (Phi) is 17.9. The van der Waals surface area contributed by atoms with Crippen LogP contribution in [0.3, 0.4) is 0 Å². The quantitative estimate of drug-likeness (QED) is 0.0551. The van der Waals surface area contributed by atoms with Crippen molar-refractivity contribution in [2.45, 2.75) is 112 Å². The molecule has 0 spiro atoms. The van der Waals surface area contributed by atoms with Crippen LogP contribution in [0.15, 0.2) is 107 Å². The SMILES string of the molecule is CCS(=O)(=O)c1ccc([C@H](CO)NC(=O)c2cnc3c(c2)CN(CC(F)(F)F)[C@H]3Cc2ccc(CCS(=O)(=O)c3ccc([C@H](CO)NC(=O)c4cnc5c(c4)CN(C[C@H]4CC[C@@H](C(F)(F)F)CO4)[C@H]5C(C)C)cc3)cc2)cc1. The summed E-state index contributed by atoms with van der Waals surface area (Å²) in [6, 6.07) is 18.8. The van der Waals surface area contributed by atoms with Gasteiger partial charge in [0.2, 0.25) is 0 Å². The minimum Gasteiger partial charge on any atom is -0.394 e. The van der Waals surface area contributed by atoms with E-state index in [9.17, 15) is 63.0 Å². The molecule has 420 valence electrons. The molecule has 78 heavy (non-hydrogen) atoms. The summed E-state index contributed by atoms with van der Waals surface area (Å²) in [4.78, 5) is 39.5. The third kappa shape index (κ3) is 13.8. The lowest BCUT2D eigenvalue weighted by atomic mass is 9.96. The van der Waals surface area contributed by atoms with Crippen LogP contribution >= 0.6 is 0 Å². The third-order valence-corrected chi connectivity index (χ3v) is 18.2. The Morgan fingerprint density at radius 3 is 1.72 bits per heavy atom. The van der Waals surface area contributed by atoms with Crippen LogP contribution in [0.5, 0.6) is 0 Å². The van der Waals surface area contributed by atoms with Crippen LogP contribution < -0.4 is 10.6 Å². The molecule has 5 heterocycles. The number of hydrogen-bond donors (Lipinski definition) is 4. The minimum absolute atomic E-state index is 0.00254. The molecule has 2 amide bonds. The Morgan fingerprint density at radius 1 is 0.718 bits per heavy atom. The highest BCUT2D eigenvalue weighted by Crippen LogP contribution is 2.41. The summed E-state index contributed by atoms with van der Waals surface area (Å²) in [5.41, 5.74) is 4.85. The first-order chi connectivity index (χ1) is 36.9. The molecular formula is C55H62F6N6O9S2. The van der Waals surface area contributed by atoms with Gasteiger partial charge in [-0.1, -0.05) is 69.3 Å². The van der Waals surface area contributed by atoms with Crippen LogP contribution in [0.2, 0.25) is 0 Å². The molecule has 3 aliphatic heterocycles. The number of aliphatic hydroxyl groups is 2. The molecule has 0 aliphatic carbocycles. The zero-order chi connectivity index (χ0) is 56.3. The molecule has 0 radical (unpaired) electrons. The number of alkyl halides is 6. The van der Waals surface area contributed by atoms with E-state index >= 15 is 0 Å². The number of carbonyl (C=O) groups is 2. The van der Waals surface area contributed by atoms with Gasteiger partial charge in [0, 0.05) is 32.0 Å². The first-order valence-corrected chi connectivity index (χ1v) is 28.9. The monoisotopic (exact) mass is 1130 g/mol. The molecule has 3 aromatic carbocycles. The number of halogens is 6. The maximum absolute atomic E-state index is 13.9. The predicted molar refractivity (Wildman–Crippen MR) is 275 cm³/mol. The van der Waals surface area contributed by atoms with Gasteiger partial charge < -0.3 is 25.6 Å². The number of nitrogens with zero attached hydrogens (tertiary/aromatic N) is 4. The van der Waals surface area contributed by atoms with Crippen molar-refractivity contribution in [2.75, 3.05) is 44.4 Å². The van der Waals surface area contributed by atoms with E-state index in [4.69, 9.17) is 4.74 Å². The van der Waals surface area contributed by atoms with Crippen molar-refractivity contribution in [1.82, 2.24) is 30.4 Å². The van der Waals surface area contributed by atoms with Gasteiger partial charge in [0.1, 0.15) is 0 Å². The summed E-state index contributed by atoms with van der Waals surface area (Å²) >= 11 is 0. The smallest absolute Gasteiger partial charge is 0.394 e. The van der Waals surface area contributed by atoms with Crippen LogP contribution in [-0.2, 0) is 50.3 Å². The fraction of sp³-hybridized carbons (Fsp3) is 0.455. The number of amides is 2. The summed E-state index contributed by atoms with van der Waals surface area (Å²) in [6.45, 7) is 3.60. The summed E-state index contributed by atoms with van der Waals surface area (Å²) in [7, 11) is -7.31. The van der Waals surface area contributed by atoms with Gasteiger partial charge in [-0.15, -0.1) is 0 Å². The van der Waals surface area contributed by atoms with Gasteiger partial charge in [0.05, 0.1) is 106 Å². The number of nitrogens with one attached hydrogen (secondary N) is 2. The third-order valence-electron chi connectivity index (χ3n) is 14.7. The number of fused-ring (bicyclic) bond motifs is 2. The molecule has 1 saturated heterocycles. The van der Waals surface area contributed by atoms with Gasteiger partial charge >= 0.3 is 12.4 Å². The summed E-state index contributed by atoms with van der Waals surface area (Å²) < 4.78 is 139. The lowest BCUT2D eigenvalue weighted by Gasteiger charge is -2.35. The number of pyridine rings is 2. The number of carbonyl (C=O) groups excluding carboxylic acids is 2. The number of aromatic nitrogens is 2. The lowest BCUT2D eigenvalue weighted by molar-refractivity contribution is -0.209. The Morgan fingerprint density at radius 2 is 1.23 bits per heavy atom. The van der Waals surface area contributed by atoms with Crippen LogP contribution in [0, 0.1) is 11.8 Å². The average molecular weight is 1130 g/mol. The fourth-order valence-corrected chi connectivity index (χ4v) is 12.7. The van der Waals surface area contributed by atoms with E-state index in [1.807, 2.05) is 13.8 Å². The molecule has 15 nitrogen and oxygen atoms in total. The molecule has 3 aliphatic rings. The van der Waals surface area contributed by atoms with Crippen molar-refractivity contribution in [3.8, 4) is 0 Å². The van der Waals surface area contributed by atoms with E-state index in [2.05, 4.69) is 25.5 Å². The minimum atomic E-state index is -4.55. The maximum Gasteiger partial charge on any atom is 0.401 e. The second-order valence-electron chi connectivity index (χ2n) is 20.5. The molecular weight excluding hydrogens is 1070 g/mol. The van der Waals surface area contributed by atoms with Crippen molar-refractivity contribution in [2.24, 2.45) is 11.8 Å². The first kappa shape index (κ1) is 58.3. The fourth-order valence-electron chi connectivity index (χ4n) is 10.5. The van der Waals surface area contributed by atoms with E-state index in [1.165, 1.54) is 78.8 Å². The highest BCUT2D eigenvalue weighted by molar-refractivity contribution is 7.91. The van der Waals surface area contributed by atoms with Crippen LogP contribution in [0.1, 0.15) is 123 Å². The number of rotatable bonds is 20. The Bertz CT molecular complexity index is 3160. The van der Waals surface area contributed by atoms with Crippen LogP contribution in [0.4, 0.5) is 26.3 Å². The molecule has 5 aromatic rings. The maximum atomic E-state index is 13.9. The van der Waals surface area contributed by atoms with Crippen molar-refractivity contribution in [3.05, 3.63) is 153 Å². The number of aryl methyl sites for hydroxylation is 1. The molecule has 1 fully saturated rings. The van der Waals surface area contributed by atoms with Crippen molar-refractivity contribution in [1.29, 1.82) is 0 Å². The van der Waals surface area contributed by atoms with Crippen molar-refractivity contribution < 1.29 is 67.7 Å². The molecule has 0 bridgehead atoms. The van der Waals surface area contributed by atoms with E-state index in [1.54, 1.807) is 30.3 Å². The van der Waals surface area contributed by atoms with Gasteiger partial charge in [-0.25, -0.2) is 16.8 Å². The lowest BCUT2D eigenvalue weighted by Crippen LogP contribution is -2.41. The van der Waals surface area contributed by atoms with Gasteiger partial charge in [-0.2, -0.15) is 26.3 Å². The van der Waals surface area contributed by atoms with E-state index in [0.717, 1.165) is 11.3 Å². The van der Waals surface area contributed by atoms with Crippen LogP contribution in [-0.4, -0.2) is 122 Å². The highest BCUT2D eigenvalue weighted by Gasteiger charge is 2.44. The van der Waals surface area contributed by atoms with Gasteiger partial charge in [0.15, 0.2) is 19.7 Å². The Hall–Kier alpha value is -5.82. The summed E-state index contributed by atoms with van der Waals surface area (Å²) in [6.07, 6.45) is -6.01. The molecule has 0 saturated carbocycles. The molecule has 0 unspecified atom stereocenters. The molecule has 4 N–H and O–H groups in total. The second kappa shape index (κ2) is 23.9. The average Bonchev–Trinajstić information content (AvgIpc) is 4.08. The molecule has 6 atom stereocenters. The van der Waals surface area contributed by atoms with Crippen molar-refractivity contribution in [3.63, 3.8) is 0 Å². The topological polar surface area (TPSA) is 208 Å². The molecule has 8 rings (SSSR count).